The fraction of sp³-hybridized carbons (Fsp3) is 0.619. The van der Waals surface area contributed by atoms with Crippen LogP contribution in [0.3, 0.4) is 0 Å². The number of benzene rings is 1. The first-order chi connectivity index (χ1) is 12.7. The van der Waals surface area contributed by atoms with Crippen LogP contribution in [0.2, 0.25) is 0 Å². The minimum atomic E-state index is -0.500. The van der Waals surface area contributed by atoms with E-state index in [1.165, 1.54) is 5.56 Å². The van der Waals surface area contributed by atoms with Gasteiger partial charge in [0.05, 0.1) is 7.11 Å². The highest BCUT2D eigenvalue weighted by atomic mass is 16.6. The fourth-order valence-corrected chi connectivity index (χ4v) is 4.25. The van der Waals surface area contributed by atoms with Crippen molar-refractivity contribution in [1.29, 1.82) is 0 Å². The lowest BCUT2D eigenvalue weighted by molar-refractivity contribution is -0.128. The summed E-state index contributed by atoms with van der Waals surface area (Å²) in [6.45, 7) is 7.48. The molecule has 1 aromatic carbocycles. The van der Waals surface area contributed by atoms with Crippen LogP contribution >= 0.6 is 0 Å². The summed E-state index contributed by atoms with van der Waals surface area (Å²) in [4.78, 5) is 26.4. The third-order valence-electron chi connectivity index (χ3n) is 5.66. The number of rotatable bonds is 2. The zero-order valence-electron chi connectivity index (χ0n) is 16.7. The SMILES string of the molecule is COc1cccc(C2CNC(=O)CC23CCN(C(=O)OC(C)(C)C)CC3)c1. The van der Waals surface area contributed by atoms with Gasteiger partial charge in [-0.3, -0.25) is 4.79 Å². The highest BCUT2D eigenvalue weighted by Gasteiger charge is 2.47. The fourth-order valence-electron chi connectivity index (χ4n) is 4.25. The number of likely N-dealkylation sites (tertiary alicyclic amines) is 1. The van der Waals surface area contributed by atoms with E-state index >= 15 is 0 Å². The van der Waals surface area contributed by atoms with Gasteiger partial charge in [0.2, 0.25) is 5.91 Å². The summed E-state index contributed by atoms with van der Waals surface area (Å²) in [7, 11) is 1.66. The Balaban J connectivity index is 1.77. The Morgan fingerprint density at radius 1 is 1.26 bits per heavy atom. The molecule has 3 rings (SSSR count). The van der Waals surface area contributed by atoms with Crippen LogP contribution in [0.4, 0.5) is 4.79 Å². The molecule has 2 saturated heterocycles. The number of hydrogen-bond acceptors (Lipinski definition) is 4. The predicted molar refractivity (Wildman–Crippen MR) is 103 cm³/mol. The van der Waals surface area contributed by atoms with Crippen LogP contribution in [0.25, 0.3) is 0 Å². The van der Waals surface area contributed by atoms with Crippen LogP contribution in [-0.2, 0) is 9.53 Å². The van der Waals surface area contributed by atoms with Crippen molar-refractivity contribution >= 4 is 12.0 Å². The summed E-state index contributed by atoms with van der Waals surface area (Å²) in [5.74, 6) is 1.14. The molecule has 0 radical (unpaired) electrons. The number of methoxy groups -OCH3 is 1. The number of hydrogen-bond donors (Lipinski definition) is 1. The topological polar surface area (TPSA) is 67.9 Å². The van der Waals surface area contributed by atoms with Crippen molar-refractivity contribution in [3.8, 4) is 5.75 Å². The van der Waals surface area contributed by atoms with Gasteiger partial charge in [0, 0.05) is 32.0 Å². The zero-order chi connectivity index (χ0) is 19.7. The van der Waals surface area contributed by atoms with Gasteiger partial charge in [0.25, 0.3) is 0 Å². The minimum Gasteiger partial charge on any atom is -0.497 e. The standard InChI is InChI=1S/C21H30N2O4/c1-20(2,3)27-19(25)23-10-8-21(9-11-23)13-18(24)22-14-17(21)15-6-5-7-16(12-15)26-4/h5-7,12,17H,8-11,13-14H2,1-4H3,(H,22,24). The molecule has 27 heavy (non-hydrogen) atoms. The van der Waals surface area contributed by atoms with Gasteiger partial charge in [0.1, 0.15) is 11.4 Å². The van der Waals surface area contributed by atoms with E-state index in [9.17, 15) is 9.59 Å². The molecule has 2 aliphatic rings. The number of nitrogens with zero attached hydrogens (tertiary/aromatic N) is 1. The molecule has 2 amide bonds. The maximum absolute atomic E-state index is 12.4. The third kappa shape index (κ3) is 4.37. The molecule has 1 aromatic rings. The molecule has 1 atom stereocenters. The van der Waals surface area contributed by atoms with Crippen molar-refractivity contribution in [2.75, 3.05) is 26.7 Å². The third-order valence-corrected chi connectivity index (χ3v) is 5.66. The van der Waals surface area contributed by atoms with E-state index in [0.29, 0.717) is 26.1 Å². The Morgan fingerprint density at radius 3 is 2.59 bits per heavy atom. The van der Waals surface area contributed by atoms with Crippen molar-refractivity contribution < 1.29 is 19.1 Å². The first-order valence-corrected chi connectivity index (χ1v) is 9.61. The minimum absolute atomic E-state index is 0.0971. The number of carbonyl (C=O) groups is 2. The molecule has 0 saturated carbocycles. The Hall–Kier alpha value is -2.24. The lowest BCUT2D eigenvalue weighted by atomic mass is 9.62. The summed E-state index contributed by atoms with van der Waals surface area (Å²) in [6, 6.07) is 8.09. The molecule has 1 N–H and O–H groups in total. The van der Waals surface area contributed by atoms with E-state index < -0.39 is 5.60 Å². The van der Waals surface area contributed by atoms with Gasteiger partial charge in [-0.25, -0.2) is 4.79 Å². The first-order valence-electron chi connectivity index (χ1n) is 9.61. The maximum atomic E-state index is 12.4. The van der Waals surface area contributed by atoms with Crippen molar-refractivity contribution in [3.05, 3.63) is 29.8 Å². The monoisotopic (exact) mass is 374 g/mol. The van der Waals surface area contributed by atoms with Crippen LogP contribution < -0.4 is 10.1 Å². The Bertz CT molecular complexity index is 702. The molecule has 0 bridgehead atoms. The molecule has 2 aliphatic heterocycles. The number of piperidine rings is 2. The summed E-state index contributed by atoms with van der Waals surface area (Å²) < 4.78 is 10.9. The second-order valence-electron chi connectivity index (χ2n) is 8.64. The van der Waals surface area contributed by atoms with E-state index in [2.05, 4.69) is 17.4 Å². The van der Waals surface area contributed by atoms with Crippen LogP contribution in [-0.4, -0.2) is 49.2 Å². The molecule has 2 fully saturated rings. The highest BCUT2D eigenvalue weighted by Crippen LogP contribution is 2.49. The smallest absolute Gasteiger partial charge is 0.410 e. The number of ether oxygens (including phenoxy) is 2. The number of carbonyl (C=O) groups excluding carboxylic acids is 2. The van der Waals surface area contributed by atoms with E-state index in [4.69, 9.17) is 9.47 Å². The Labute approximate surface area is 161 Å². The largest absolute Gasteiger partial charge is 0.497 e. The van der Waals surface area contributed by atoms with Crippen molar-refractivity contribution in [2.24, 2.45) is 5.41 Å². The second kappa shape index (κ2) is 7.41. The summed E-state index contributed by atoms with van der Waals surface area (Å²) in [5, 5.41) is 3.02. The van der Waals surface area contributed by atoms with Gasteiger partial charge in [-0.1, -0.05) is 12.1 Å². The van der Waals surface area contributed by atoms with Crippen molar-refractivity contribution in [3.63, 3.8) is 0 Å². The van der Waals surface area contributed by atoms with E-state index in [1.807, 2.05) is 32.9 Å². The van der Waals surface area contributed by atoms with Gasteiger partial charge in [-0.15, -0.1) is 0 Å². The molecule has 1 unspecified atom stereocenters. The average molecular weight is 374 g/mol. The van der Waals surface area contributed by atoms with Gasteiger partial charge in [-0.05, 0) is 56.7 Å². The lowest BCUT2D eigenvalue weighted by Crippen LogP contribution is -2.53. The molecule has 2 heterocycles. The molecule has 6 nitrogen and oxygen atoms in total. The molecule has 1 spiro atoms. The zero-order valence-corrected chi connectivity index (χ0v) is 16.7. The molecule has 0 aliphatic carbocycles. The van der Waals surface area contributed by atoms with E-state index in [1.54, 1.807) is 12.0 Å². The molecular formula is C21H30N2O4. The summed E-state index contributed by atoms with van der Waals surface area (Å²) in [6.07, 6.45) is 1.82. The van der Waals surface area contributed by atoms with Crippen molar-refractivity contribution in [1.82, 2.24) is 10.2 Å². The van der Waals surface area contributed by atoms with Gasteiger partial charge < -0.3 is 19.7 Å². The number of amides is 2. The van der Waals surface area contributed by atoms with Crippen LogP contribution in [0.15, 0.2) is 24.3 Å². The Morgan fingerprint density at radius 2 is 1.96 bits per heavy atom. The van der Waals surface area contributed by atoms with Crippen LogP contribution in [0.1, 0.15) is 51.5 Å². The Kier molecular flexibility index (Phi) is 5.36. The van der Waals surface area contributed by atoms with Crippen LogP contribution in [0.5, 0.6) is 5.75 Å². The second-order valence-corrected chi connectivity index (χ2v) is 8.64. The lowest BCUT2D eigenvalue weighted by Gasteiger charge is -2.49. The molecular weight excluding hydrogens is 344 g/mol. The quantitative estimate of drug-likeness (QED) is 0.862. The van der Waals surface area contributed by atoms with Gasteiger partial charge in [0.15, 0.2) is 0 Å². The molecule has 0 aromatic heterocycles. The summed E-state index contributed by atoms with van der Waals surface area (Å²) >= 11 is 0. The molecule has 148 valence electrons. The van der Waals surface area contributed by atoms with E-state index in [-0.39, 0.29) is 23.3 Å². The normalized spacial score (nSPS) is 22.3. The molecule has 6 heteroatoms. The highest BCUT2D eigenvalue weighted by molar-refractivity contribution is 5.78. The van der Waals surface area contributed by atoms with E-state index in [0.717, 1.165) is 18.6 Å². The summed E-state index contributed by atoms with van der Waals surface area (Å²) in [5.41, 5.74) is 0.549. The maximum Gasteiger partial charge on any atom is 0.410 e. The van der Waals surface area contributed by atoms with Crippen LogP contribution in [0, 0.1) is 5.41 Å². The first kappa shape index (κ1) is 19.5. The van der Waals surface area contributed by atoms with Gasteiger partial charge >= 0.3 is 6.09 Å². The van der Waals surface area contributed by atoms with Crippen molar-refractivity contribution in [2.45, 2.75) is 51.6 Å². The van der Waals surface area contributed by atoms with Gasteiger partial charge in [-0.2, -0.15) is 0 Å². The number of nitrogens with one attached hydrogen (secondary N) is 1. The average Bonchev–Trinajstić information content (AvgIpc) is 2.61. The predicted octanol–water partition coefficient (Wildman–Crippen LogP) is 3.32.